The SMILES string of the molecule is CN=C(NCc1ccc(CN(C)C)cc1)NCC1(c2ccccc2)CC1. The van der Waals surface area contributed by atoms with Crippen molar-refractivity contribution in [2.75, 3.05) is 27.7 Å². The number of hydrogen-bond donors (Lipinski definition) is 2. The van der Waals surface area contributed by atoms with E-state index in [2.05, 4.69) is 89.2 Å². The zero-order valence-electron chi connectivity index (χ0n) is 16.1. The molecule has 0 saturated heterocycles. The number of rotatable bonds is 7. The Kier molecular flexibility index (Phi) is 5.94. The van der Waals surface area contributed by atoms with Crippen LogP contribution in [0.4, 0.5) is 0 Å². The standard InChI is InChI=1S/C22H30N4/c1-23-21(24-15-18-9-11-19(12-10-18)16-26(2)3)25-17-22(13-14-22)20-7-5-4-6-8-20/h4-12H,13-17H2,1-3H3,(H2,23,24,25). The maximum Gasteiger partial charge on any atom is 0.191 e. The lowest BCUT2D eigenvalue weighted by Gasteiger charge is -2.19. The van der Waals surface area contributed by atoms with Crippen LogP contribution in [0.3, 0.4) is 0 Å². The van der Waals surface area contributed by atoms with Crippen molar-refractivity contribution in [1.29, 1.82) is 0 Å². The first-order valence-corrected chi connectivity index (χ1v) is 9.34. The Hall–Kier alpha value is -2.33. The van der Waals surface area contributed by atoms with Crippen LogP contribution in [-0.4, -0.2) is 38.5 Å². The second-order valence-electron chi connectivity index (χ2n) is 7.48. The molecule has 0 bridgehead atoms. The second-order valence-corrected chi connectivity index (χ2v) is 7.48. The Labute approximate surface area is 157 Å². The van der Waals surface area contributed by atoms with Gasteiger partial charge in [0.25, 0.3) is 0 Å². The van der Waals surface area contributed by atoms with Gasteiger partial charge in [0, 0.05) is 32.1 Å². The Balaban J connectivity index is 1.49. The van der Waals surface area contributed by atoms with Crippen molar-refractivity contribution in [3.63, 3.8) is 0 Å². The van der Waals surface area contributed by atoms with Crippen LogP contribution < -0.4 is 10.6 Å². The molecule has 0 atom stereocenters. The van der Waals surface area contributed by atoms with Crippen molar-refractivity contribution in [2.45, 2.75) is 31.3 Å². The van der Waals surface area contributed by atoms with Crippen LogP contribution >= 0.6 is 0 Å². The summed E-state index contributed by atoms with van der Waals surface area (Å²) in [4.78, 5) is 6.55. The molecule has 1 aliphatic rings. The van der Waals surface area contributed by atoms with Gasteiger partial charge in [-0.15, -0.1) is 0 Å². The molecule has 138 valence electrons. The highest BCUT2D eigenvalue weighted by molar-refractivity contribution is 5.79. The number of nitrogens with one attached hydrogen (secondary N) is 2. The Morgan fingerprint density at radius 2 is 1.62 bits per heavy atom. The summed E-state index contributed by atoms with van der Waals surface area (Å²) in [6, 6.07) is 19.6. The minimum Gasteiger partial charge on any atom is -0.356 e. The van der Waals surface area contributed by atoms with E-state index < -0.39 is 0 Å². The Bertz CT molecular complexity index is 716. The van der Waals surface area contributed by atoms with Crippen molar-refractivity contribution in [3.05, 3.63) is 71.3 Å². The normalized spacial score (nSPS) is 15.8. The molecule has 1 aliphatic carbocycles. The maximum absolute atomic E-state index is 4.37. The zero-order chi connectivity index (χ0) is 18.4. The second kappa shape index (κ2) is 8.37. The monoisotopic (exact) mass is 350 g/mol. The fourth-order valence-corrected chi connectivity index (χ4v) is 3.30. The van der Waals surface area contributed by atoms with Crippen LogP contribution in [0.15, 0.2) is 59.6 Å². The third-order valence-electron chi connectivity index (χ3n) is 5.04. The van der Waals surface area contributed by atoms with E-state index in [1.807, 2.05) is 7.05 Å². The molecule has 0 spiro atoms. The lowest BCUT2D eigenvalue weighted by Crippen LogP contribution is -2.40. The van der Waals surface area contributed by atoms with E-state index in [0.717, 1.165) is 25.6 Å². The number of hydrogen-bond acceptors (Lipinski definition) is 2. The fourth-order valence-electron chi connectivity index (χ4n) is 3.30. The molecule has 0 unspecified atom stereocenters. The van der Waals surface area contributed by atoms with Gasteiger partial charge in [-0.2, -0.15) is 0 Å². The molecule has 4 heteroatoms. The summed E-state index contributed by atoms with van der Waals surface area (Å²) in [7, 11) is 6.01. The number of benzene rings is 2. The van der Waals surface area contributed by atoms with Crippen molar-refractivity contribution < 1.29 is 0 Å². The average molecular weight is 351 g/mol. The van der Waals surface area contributed by atoms with Crippen LogP contribution in [0.1, 0.15) is 29.5 Å². The smallest absolute Gasteiger partial charge is 0.191 e. The van der Waals surface area contributed by atoms with Gasteiger partial charge in [0.15, 0.2) is 5.96 Å². The van der Waals surface area contributed by atoms with Gasteiger partial charge >= 0.3 is 0 Å². The van der Waals surface area contributed by atoms with Crippen molar-refractivity contribution in [3.8, 4) is 0 Å². The van der Waals surface area contributed by atoms with E-state index in [1.54, 1.807) is 0 Å². The van der Waals surface area contributed by atoms with Gasteiger partial charge in [0.1, 0.15) is 0 Å². The quantitative estimate of drug-likeness (QED) is 0.595. The zero-order valence-corrected chi connectivity index (χ0v) is 16.1. The van der Waals surface area contributed by atoms with Crippen LogP contribution in [0.5, 0.6) is 0 Å². The average Bonchev–Trinajstić information content (AvgIpc) is 3.45. The topological polar surface area (TPSA) is 39.7 Å². The van der Waals surface area contributed by atoms with Crippen molar-refractivity contribution in [2.24, 2.45) is 4.99 Å². The predicted octanol–water partition coefficient (Wildman–Crippen LogP) is 3.15. The van der Waals surface area contributed by atoms with E-state index in [1.165, 1.54) is 29.5 Å². The Morgan fingerprint density at radius 1 is 0.962 bits per heavy atom. The van der Waals surface area contributed by atoms with Gasteiger partial charge < -0.3 is 15.5 Å². The molecule has 0 amide bonds. The van der Waals surface area contributed by atoms with Crippen LogP contribution in [0, 0.1) is 0 Å². The highest BCUT2D eigenvalue weighted by Crippen LogP contribution is 2.47. The maximum atomic E-state index is 4.37. The van der Waals surface area contributed by atoms with E-state index in [4.69, 9.17) is 0 Å². The molecule has 0 aromatic heterocycles. The van der Waals surface area contributed by atoms with Crippen LogP contribution in [0.25, 0.3) is 0 Å². The van der Waals surface area contributed by atoms with Crippen molar-refractivity contribution >= 4 is 5.96 Å². The molecular weight excluding hydrogens is 320 g/mol. The molecule has 0 aliphatic heterocycles. The Morgan fingerprint density at radius 3 is 2.19 bits per heavy atom. The lowest BCUT2D eigenvalue weighted by molar-refractivity contribution is 0.402. The van der Waals surface area contributed by atoms with E-state index >= 15 is 0 Å². The molecule has 0 heterocycles. The molecule has 2 aromatic carbocycles. The third-order valence-corrected chi connectivity index (χ3v) is 5.04. The molecule has 1 saturated carbocycles. The summed E-state index contributed by atoms with van der Waals surface area (Å²) in [5, 5.41) is 6.94. The molecule has 3 rings (SSSR count). The molecule has 0 radical (unpaired) electrons. The van der Waals surface area contributed by atoms with E-state index in [-0.39, 0.29) is 5.41 Å². The lowest BCUT2D eigenvalue weighted by atomic mass is 9.96. The number of guanidine groups is 1. The third kappa shape index (κ3) is 4.85. The molecule has 1 fully saturated rings. The molecular formula is C22H30N4. The predicted molar refractivity (Wildman–Crippen MR) is 109 cm³/mol. The van der Waals surface area contributed by atoms with Gasteiger partial charge in [-0.25, -0.2) is 0 Å². The van der Waals surface area contributed by atoms with Gasteiger partial charge in [-0.3, -0.25) is 4.99 Å². The first-order valence-electron chi connectivity index (χ1n) is 9.34. The fraction of sp³-hybridized carbons (Fsp3) is 0.409. The molecule has 26 heavy (non-hydrogen) atoms. The number of aliphatic imine (C=N–C) groups is 1. The van der Waals surface area contributed by atoms with Gasteiger partial charge in [-0.1, -0.05) is 54.6 Å². The van der Waals surface area contributed by atoms with Crippen molar-refractivity contribution in [1.82, 2.24) is 15.5 Å². The summed E-state index contributed by atoms with van der Waals surface area (Å²) < 4.78 is 0. The van der Waals surface area contributed by atoms with E-state index in [0.29, 0.717) is 0 Å². The van der Waals surface area contributed by atoms with Gasteiger partial charge in [-0.05, 0) is 43.6 Å². The molecule has 4 nitrogen and oxygen atoms in total. The van der Waals surface area contributed by atoms with Gasteiger partial charge in [0.2, 0.25) is 0 Å². The first-order chi connectivity index (χ1) is 12.6. The summed E-state index contributed by atoms with van der Waals surface area (Å²) in [6.45, 7) is 2.68. The van der Waals surface area contributed by atoms with E-state index in [9.17, 15) is 0 Å². The highest BCUT2D eigenvalue weighted by atomic mass is 15.2. The first kappa shape index (κ1) is 18.5. The molecule has 2 N–H and O–H groups in total. The largest absolute Gasteiger partial charge is 0.356 e. The minimum absolute atomic E-state index is 0.284. The van der Waals surface area contributed by atoms with Crippen LogP contribution in [-0.2, 0) is 18.5 Å². The van der Waals surface area contributed by atoms with Gasteiger partial charge in [0.05, 0.1) is 0 Å². The summed E-state index contributed by atoms with van der Waals surface area (Å²) in [6.07, 6.45) is 2.49. The summed E-state index contributed by atoms with van der Waals surface area (Å²) in [5.74, 6) is 0.865. The van der Waals surface area contributed by atoms with Crippen LogP contribution in [0.2, 0.25) is 0 Å². The molecule has 2 aromatic rings. The summed E-state index contributed by atoms with van der Waals surface area (Å²) >= 11 is 0. The minimum atomic E-state index is 0.284. The number of nitrogens with zero attached hydrogens (tertiary/aromatic N) is 2. The highest BCUT2D eigenvalue weighted by Gasteiger charge is 2.43. The summed E-state index contributed by atoms with van der Waals surface area (Å²) in [5.41, 5.74) is 4.31.